The SMILES string of the molecule is O=C(O)c1csc(CNC(=O)c2ccc(=O)[nH]n2)n1. The number of thiazole rings is 1. The number of rotatable bonds is 4. The highest BCUT2D eigenvalue weighted by atomic mass is 32.1. The average Bonchev–Trinajstić information content (AvgIpc) is 2.86. The van der Waals surface area contributed by atoms with Crippen LogP contribution >= 0.6 is 11.3 Å². The zero-order valence-electron chi connectivity index (χ0n) is 9.41. The molecule has 0 aliphatic rings. The predicted octanol–water partition coefficient (Wildman–Crippen LogP) is -0.145. The van der Waals surface area contributed by atoms with E-state index in [9.17, 15) is 14.4 Å². The second-order valence-electron chi connectivity index (χ2n) is 3.42. The lowest BCUT2D eigenvalue weighted by atomic mass is 10.3. The van der Waals surface area contributed by atoms with E-state index >= 15 is 0 Å². The fourth-order valence-electron chi connectivity index (χ4n) is 1.21. The van der Waals surface area contributed by atoms with Gasteiger partial charge in [0.25, 0.3) is 11.5 Å². The summed E-state index contributed by atoms with van der Waals surface area (Å²) in [5.41, 5.74) is -0.395. The Hall–Kier alpha value is -2.55. The minimum atomic E-state index is -1.11. The maximum atomic E-state index is 11.6. The lowest BCUT2D eigenvalue weighted by Gasteiger charge is -2.01. The fourth-order valence-corrected chi connectivity index (χ4v) is 1.92. The molecule has 0 atom stereocenters. The molecule has 98 valence electrons. The third-order valence-corrected chi connectivity index (χ3v) is 2.93. The first-order valence-electron chi connectivity index (χ1n) is 5.08. The zero-order valence-corrected chi connectivity index (χ0v) is 10.2. The van der Waals surface area contributed by atoms with Crippen LogP contribution in [-0.4, -0.2) is 32.2 Å². The van der Waals surface area contributed by atoms with Gasteiger partial charge in [-0.05, 0) is 6.07 Å². The molecule has 19 heavy (non-hydrogen) atoms. The molecule has 8 nitrogen and oxygen atoms in total. The first kappa shape index (κ1) is 12.9. The van der Waals surface area contributed by atoms with Crippen molar-refractivity contribution in [3.8, 4) is 0 Å². The number of aromatic amines is 1. The molecule has 2 rings (SSSR count). The van der Waals surface area contributed by atoms with Crippen LogP contribution in [0.25, 0.3) is 0 Å². The summed E-state index contributed by atoms with van der Waals surface area (Å²) < 4.78 is 0. The van der Waals surface area contributed by atoms with Crippen molar-refractivity contribution in [3.63, 3.8) is 0 Å². The summed E-state index contributed by atoms with van der Waals surface area (Å²) in [6.07, 6.45) is 0. The monoisotopic (exact) mass is 280 g/mol. The van der Waals surface area contributed by atoms with Gasteiger partial charge in [-0.25, -0.2) is 14.9 Å². The van der Waals surface area contributed by atoms with Gasteiger partial charge in [0.15, 0.2) is 5.69 Å². The molecule has 2 aromatic heterocycles. The highest BCUT2D eigenvalue weighted by Crippen LogP contribution is 2.09. The van der Waals surface area contributed by atoms with E-state index in [-0.39, 0.29) is 17.9 Å². The van der Waals surface area contributed by atoms with Crippen LogP contribution in [0.15, 0.2) is 22.3 Å². The molecule has 2 aromatic rings. The van der Waals surface area contributed by atoms with Crippen molar-refractivity contribution in [1.82, 2.24) is 20.5 Å². The smallest absolute Gasteiger partial charge is 0.355 e. The Labute approximate surface area is 110 Å². The van der Waals surface area contributed by atoms with Crippen LogP contribution < -0.4 is 10.9 Å². The van der Waals surface area contributed by atoms with E-state index in [4.69, 9.17) is 5.11 Å². The number of carboxylic acid groups (broad SMARTS) is 1. The van der Waals surface area contributed by atoms with E-state index in [1.807, 2.05) is 0 Å². The lowest BCUT2D eigenvalue weighted by molar-refractivity contribution is 0.0691. The minimum absolute atomic E-state index is 0.0589. The summed E-state index contributed by atoms with van der Waals surface area (Å²) in [6, 6.07) is 2.48. The van der Waals surface area contributed by atoms with Gasteiger partial charge in [0.1, 0.15) is 10.7 Å². The van der Waals surface area contributed by atoms with E-state index in [1.165, 1.54) is 17.5 Å². The first-order valence-corrected chi connectivity index (χ1v) is 5.96. The number of nitrogens with zero attached hydrogens (tertiary/aromatic N) is 2. The zero-order chi connectivity index (χ0) is 13.8. The van der Waals surface area contributed by atoms with Gasteiger partial charge in [0.2, 0.25) is 0 Å². The van der Waals surface area contributed by atoms with Crippen molar-refractivity contribution in [2.45, 2.75) is 6.54 Å². The van der Waals surface area contributed by atoms with E-state index in [0.717, 1.165) is 11.3 Å². The number of carboxylic acids is 1. The number of nitrogens with one attached hydrogen (secondary N) is 2. The number of H-pyrrole nitrogens is 1. The Balaban J connectivity index is 1.98. The first-order chi connectivity index (χ1) is 9.06. The van der Waals surface area contributed by atoms with Crippen LogP contribution in [0.5, 0.6) is 0 Å². The third kappa shape index (κ3) is 3.22. The second kappa shape index (κ2) is 5.40. The van der Waals surface area contributed by atoms with Gasteiger partial charge in [0.05, 0.1) is 6.54 Å². The number of aromatic nitrogens is 3. The molecule has 0 saturated heterocycles. The Morgan fingerprint density at radius 3 is 2.74 bits per heavy atom. The van der Waals surface area contributed by atoms with Crippen molar-refractivity contribution in [3.05, 3.63) is 44.3 Å². The van der Waals surface area contributed by atoms with Crippen LogP contribution in [0.4, 0.5) is 0 Å². The van der Waals surface area contributed by atoms with Crippen LogP contribution in [0.3, 0.4) is 0 Å². The van der Waals surface area contributed by atoms with Gasteiger partial charge in [-0.3, -0.25) is 9.59 Å². The molecule has 0 aromatic carbocycles. The van der Waals surface area contributed by atoms with E-state index in [1.54, 1.807) is 0 Å². The molecule has 0 bridgehead atoms. The molecule has 1 amide bonds. The Morgan fingerprint density at radius 2 is 2.16 bits per heavy atom. The van der Waals surface area contributed by atoms with Gasteiger partial charge in [-0.15, -0.1) is 11.3 Å². The molecule has 0 aliphatic heterocycles. The highest BCUT2D eigenvalue weighted by Gasteiger charge is 2.11. The van der Waals surface area contributed by atoms with E-state index in [0.29, 0.717) is 5.01 Å². The largest absolute Gasteiger partial charge is 0.476 e. The standard InChI is InChI=1S/C10H8N4O4S/c15-7-2-1-5(13-14-7)9(16)11-3-8-12-6(4-19-8)10(17)18/h1-2,4H,3H2,(H,11,16)(H,14,15)(H,17,18). The predicted molar refractivity (Wildman–Crippen MR) is 65.1 cm³/mol. The molecule has 0 unspecified atom stereocenters. The van der Waals surface area contributed by atoms with E-state index < -0.39 is 17.4 Å². The average molecular weight is 280 g/mol. The van der Waals surface area contributed by atoms with Gasteiger partial charge < -0.3 is 10.4 Å². The summed E-state index contributed by atoms with van der Waals surface area (Å²) in [6.45, 7) is 0.0948. The molecule has 0 spiro atoms. The number of carbonyl (C=O) groups excluding carboxylic acids is 1. The number of aromatic carboxylic acids is 1. The van der Waals surface area contributed by atoms with Crippen LogP contribution in [0.1, 0.15) is 26.0 Å². The molecule has 0 fully saturated rings. The molecule has 9 heteroatoms. The number of carbonyl (C=O) groups is 2. The summed E-state index contributed by atoms with van der Waals surface area (Å²) >= 11 is 1.13. The molecular weight excluding hydrogens is 272 g/mol. The Kier molecular flexibility index (Phi) is 3.66. The number of hydrogen-bond donors (Lipinski definition) is 3. The quantitative estimate of drug-likeness (QED) is 0.715. The van der Waals surface area contributed by atoms with Gasteiger partial charge in [-0.2, -0.15) is 5.10 Å². The van der Waals surface area contributed by atoms with Gasteiger partial charge >= 0.3 is 5.97 Å². The normalized spacial score (nSPS) is 10.1. The molecule has 0 saturated carbocycles. The van der Waals surface area contributed by atoms with Crippen LogP contribution in [0, 0.1) is 0 Å². The second-order valence-corrected chi connectivity index (χ2v) is 4.36. The van der Waals surface area contributed by atoms with Gasteiger partial charge in [-0.1, -0.05) is 0 Å². The maximum Gasteiger partial charge on any atom is 0.355 e. The Morgan fingerprint density at radius 1 is 1.37 bits per heavy atom. The summed E-state index contributed by atoms with van der Waals surface area (Å²) in [4.78, 5) is 36.8. The molecular formula is C10H8N4O4S. The topological polar surface area (TPSA) is 125 Å². The van der Waals surface area contributed by atoms with E-state index in [2.05, 4.69) is 20.5 Å². The summed E-state index contributed by atoms with van der Waals surface area (Å²) in [7, 11) is 0. The summed E-state index contributed by atoms with van der Waals surface area (Å²) in [5.74, 6) is -1.60. The van der Waals surface area contributed by atoms with Crippen molar-refractivity contribution in [1.29, 1.82) is 0 Å². The molecule has 0 aliphatic carbocycles. The molecule has 0 radical (unpaired) electrons. The molecule has 2 heterocycles. The van der Waals surface area contributed by atoms with Crippen molar-refractivity contribution in [2.75, 3.05) is 0 Å². The third-order valence-electron chi connectivity index (χ3n) is 2.08. The number of amides is 1. The lowest BCUT2D eigenvalue weighted by Crippen LogP contribution is -2.25. The van der Waals surface area contributed by atoms with Crippen LogP contribution in [-0.2, 0) is 6.54 Å². The minimum Gasteiger partial charge on any atom is -0.476 e. The van der Waals surface area contributed by atoms with Crippen molar-refractivity contribution < 1.29 is 14.7 Å². The van der Waals surface area contributed by atoms with Crippen molar-refractivity contribution in [2.24, 2.45) is 0 Å². The highest BCUT2D eigenvalue weighted by molar-refractivity contribution is 7.09. The Bertz CT molecular complexity index is 658. The van der Waals surface area contributed by atoms with Crippen molar-refractivity contribution >= 4 is 23.2 Å². The number of hydrogen-bond acceptors (Lipinski definition) is 6. The van der Waals surface area contributed by atoms with Crippen LogP contribution in [0.2, 0.25) is 0 Å². The maximum absolute atomic E-state index is 11.6. The fraction of sp³-hybridized carbons (Fsp3) is 0.100. The molecule has 3 N–H and O–H groups in total. The van der Waals surface area contributed by atoms with Gasteiger partial charge in [0, 0.05) is 11.4 Å². The summed E-state index contributed by atoms with van der Waals surface area (Å²) in [5, 5.41) is 18.8.